The minimum Gasteiger partial charge on any atom is -0.508 e. The fourth-order valence-corrected chi connectivity index (χ4v) is 11.8. The van der Waals surface area contributed by atoms with Gasteiger partial charge in [-0.1, -0.05) is 248 Å². The van der Waals surface area contributed by atoms with Gasteiger partial charge in [0, 0.05) is 243 Å². The number of hydrogen-bond donors (Lipinski definition) is 8. The highest BCUT2D eigenvalue weighted by Crippen LogP contribution is 2.18. The van der Waals surface area contributed by atoms with Gasteiger partial charge in [-0.15, -0.1) is 0 Å². The fourth-order valence-electron chi connectivity index (χ4n) is 11.8. The number of amides is 2. The number of Topliss-reactive ketones (excluding diaryl/α,β-unsaturated/α-hetero) is 17. The summed E-state index contributed by atoms with van der Waals surface area (Å²) < 4.78 is 0. The quantitative estimate of drug-likeness (QED) is 0.0281. The molecule has 0 aliphatic heterocycles. The van der Waals surface area contributed by atoms with Gasteiger partial charge in [0.05, 0.1) is 18.6 Å². The summed E-state index contributed by atoms with van der Waals surface area (Å²) in [5.74, 6) is 1.80. The zero-order chi connectivity index (χ0) is 109. The first kappa shape index (κ1) is 144. The number of carbonyl (C=O) groups excluding carboxylic acids is 19. The standard InChI is InChI=1S/C18H27NO3.C17H29NO4.C15H26O3.C14H25NO3.C13H28N2O.C13H25NO2.C13H22O3.C9H19NO/c1-12(2)17(21)9-10-18(22)16(19-13(3)4)11-14-5-7-15(20)8-6-14;1-12(2)15(20)10-9-14(19)7-5-6-8-17(22)18-11-16(21)13(3)4;1-11(2)14(17)8-6-5-7-13(16)9-10-15(18)12(3)4;1-8(2)12(16)7-11(13(17)9(3)4)15-14(18)10(5)6;1-11(2)14-9-5-7-13(16)8-6-10-15-12(3)4;1-10(2)13(16)8-7-12(15)6-5-9-14-11(3)4;1-9(2)12(15)7-5-11(14)6-8-13(16)10(3)4;1-7(2)9(11)5-6-10-8(3)4/h5-8,12-13,16,19-20H,9-11H2,1-4H3;12-13H,5-11H2,1-4H3,(H,18,22);11-12H,5-10H2,1-4H3;8-11H,7H2,1-6H3,(H,15,18);11-12,14-15H,5-10H2,1-4H3;10-11,14H,5-9H2,1-4H3;9-10H,5-8H2,1-4H3;7-8,10H,5-6H2,1-4H3/t16-;;;;;;;/m0......./s1. The van der Waals surface area contributed by atoms with Crippen LogP contribution in [0, 0.1) is 71.0 Å². The monoisotopic (exact) mass is 1960 g/mol. The third kappa shape index (κ3) is 94.8. The number of unbranched alkanes of at least 4 members (excludes halogenated alkanes) is 2. The lowest BCUT2D eigenvalue weighted by molar-refractivity contribution is -0.133. The second-order valence-electron chi connectivity index (χ2n) is 41.8. The lowest BCUT2D eigenvalue weighted by atomic mass is 9.93. The second kappa shape index (κ2) is 87.9. The van der Waals surface area contributed by atoms with Crippen LogP contribution >= 0.6 is 0 Å². The summed E-state index contributed by atoms with van der Waals surface area (Å²) in [6.07, 6.45) is 14.7. The number of ketones is 17. The molecule has 0 heterocycles. The van der Waals surface area contributed by atoms with Gasteiger partial charge in [0.15, 0.2) is 17.3 Å². The van der Waals surface area contributed by atoms with Gasteiger partial charge in [-0.05, 0) is 88.7 Å². The maximum absolute atomic E-state index is 12.4. The van der Waals surface area contributed by atoms with E-state index in [-0.39, 0.29) is 220 Å². The largest absolute Gasteiger partial charge is 0.508 e. The van der Waals surface area contributed by atoms with Crippen LogP contribution in [0.15, 0.2) is 24.3 Å². The number of phenols is 1. The molecule has 139 heavy (non-hydrogen) atoms. The summed E-state index contributed by atoms with van der Waals surface area (Å²) in [4.78, 5) is 219. The Morgan fingerprint density at radius 3 is 0.791 bits per heavy atom. The smallest absolute Gasteiger partial charge is 0.223 e. The van der Waals surface area contributed by atoms with Gasteiger partial charge in [0.25, 0.3) is 0 Å². The molecule has 27 heteroatoms. The average molecular weight is 1970 g/mol. The van der Waals surface area contributed by atoms with Crippen LogP contribution in [0.4, 0.5) is 0 Å². The normalized spacial score (nSPS) is 11.5. The molecule has 0 aliphatic rings. The molecule has 1 aromatic carbocycles. The van der Waals surface area contributed by atoms with Crippen molar-refractivity contribution >= 4 is 110 Å². The summed E-state index contributed by atoms with van der Waals surface area (Å²) in [5.41, 5.74) is 0.986. The van der Waals surface area contributed by atoms with Gasteiger partial charge in [-0.3, -0.25) is 91.1 Å². The second-order valence-corrected chi connectivity index (χ2v) is 41.8. The predicted octanol–water partition coefficient (Wildman–Crippen LogP) is 19.3. The molecule has 804 valence electrons. The first-order chi connectivity index (χ1) is 64.4. The van der Waals surface area contributed by atoms with E-state index in [0.29, 0.717) is 151 Å². The van der Waals surface area contributed by atoms with E-state index in [4.69, 9.17) is 0 Å². The molecule has 0 bridgehead atoms. The highest BCUT2D eigenvalue weighted by Gasteiger charge is 2.28. The van der Waals surface area contributed by atoms with Crippen LogP contribution in [0.3, 0.4) is 0 Å². The number of aromatic hydroxyl groups is 1. The van der Waals surface area contributed by atoms with Crippen molar-refractivity contribution in [2.45, 2.75) is 464 Å². The van der Waals surface area contributed by atoms with Crippen molar-refractivity contribution in [3.8, 4) is 5.75 Å². The molecule has 1 rings (SSSR count). The Morgan fingerprint density at radius 1 is 0.237 bits per heavy atom. The van der Waals surface area contributed by atoms with E-state index in [1.165, 1.54) is 0 Å². The molecule has 0 saturated carbocycles. The molecular formula is C112H201N7O20. The van der Waals surface area contributed by atoms with Crippen LogP contribution in [0.5, 0.6) is 5.75 Å². The topological polar surface area (TPSA) is 429 Å². The fraction of sp³-hybridized carbons (Fsp3) is 0.777. The van der Waals surface area contributed by atoms with Crippen LogP contribution < -0.4 is 37.2 Å². The zero-order valence-electron chi connectivity index (χ0n) is 93.5. The Balaban J connectivity index is -0.000000288. The minimum atomic E-state index is -0.685. The number of rotatable bonds is 70. The van der Waals surface area contributed by atoms with Crippen LogP contribution in [-0.2, 0) is 97.5 Å². The molecule has 2 atom stereocenters. The van der Waals surface area contributed by atoms with Gasteiger partial charge >= 0.3 is 0 Å². The van der Waals surface area contributed by atoms with E-state index in [0.717, 1.165) is 76.7 Å². The molecule has 0 radical (unpaired) electrons. The summed E-state index contributed by atoms with van der Waals surface area (Å²) in [6, 6.07) is 8.06. The minimum absolute atomic E-state index is 0.00180. The van der Waals surface area contributed by atoms with Crippen LogP contribution in [0.25, 0.3) is 0 Å². The first-order valence-electron chi connectivity index (χ1n) is 52.3. The van der Waals surface area contributed by atoms with Crippen LogP contribution in [0.1, 0.15) is 421 Å². The third-order valence-electron chi connectivity index (χ3n) is 21.9. The van der Waals surface area contributed by atoms with E-state index in [1.807, 2.05) is 137 Å². The molecule has 2 amide bonds. The van der Waals surface area contributed by atoms with Crippen molar-refractivity contribution < 1.29 is 96.2 Å². The van der Waals surface area contributed by atoms with Gasteiger partial charge in [-0.2, -0.15) is 0 Å². The Labute approximate surface area is 842 Å². The molecule has 0 saturated heterocycles. The Morgan fingerprint density at radius 2 is 0.496 bits per heavy atom. The lowest BCUT2D eigenvalue weighted by Gasteiger charge is -2.21. The van der Waals surface area contributed by atoms with Crippen LogP contribution in [-0.4, -0.2) is 190 Å². The van der Waals surface area contributed by atoms with Crippen LogP contribution in [0.2, 0.25) is 0 Å². The van der Waals surface area contributed by atoms with E-state index in [9.17, 15) is 96.2 Å². The van der Waals surface area contributed by atoms with Crippen molar-refractivity contribution in [2.24, 2.45) is 71.0 Å². The number of benzene rings is 1. The van der Waals surface area contributed by atoms with E-state index < -0.39 is 6.04 Å². The van der Waals surface area contributed by atoms with Crippen molar-refractivity contribution in [1.29, 1.82) is 0 Å². The van der Waals surface area contributed by atoms with Crippen molar-refractivity contribution in [3.63, 3.8) is 0 Å². The zero-order valence-corrected chi connectivity index (χ0v) is 93.5. The predicted molar refractivity (Wildman–Crippen MR) is 564 cm³/mol. The molecule has 0 aromatic heterocycles. The molecule has 27 nitrogen and oxygen atoms in total. The summed E-state index contributed by atoms with van der Waals surface area (Å²) in [6.45, 7) is 68.6. The molecule has 0 fully saturated rings. The number of nitrogens with one attached hydrogen (secondary N) is 7. The number of hydrogen-bond acceptors (Lipinski definition) is 25. The average Bonchev–Trinajstić information content (AvgIpc) is 0.882. The molecule has 0 spiro atoms. The van der Waals surface area contributed by atoms with E-state index in [1.54, 1.807) is 67.5 Å². The highest BCUT2D eigenvalue weighted by molar-refractivity contribution is 5.96. The van der Waals surface area contributed by atoms with Gasteiger partial charge in [0.2, 0.25) is 11.8 Å². The maximum atomic E-state index is 12.4. The highest BCUT2D eigenvalue weighted by atomic mass is 16.3. The Hall–Kier alpha value is -7.85. The molecule has 8 N–H and O–H groups in total. The Bertz CT molecular complexity index is 3550. The summed E-state index contributed by atoms with van der Waals surface area (Å²) in [7, 11) is 0. The van der Waals surface area contributed by atoms with Crippen molar-refractivity contribution in [1.82, 2.24) is 37.2 Å². The lowest BCUT2D eigenvalue weighted by Crippen LogP contribution is -2.45. The molecule has 0 aliphatic carbocycles. The van der Waals surface area contributed by atoms with E-state index in [2.05, 4.69) is 92.6 Å². The van der Waals surface area contributed by atoms with Gasteiger partial charge in [0.1, 0.15) is 86.7 Å². The molecule has 1 unspecified atom stereocenters. The summed E-state index contributed by atoms with van der Waals surface area (Å²) >= 11 is 0. The van der Waals surface area contributed by atoms with Gasteiger partial charge in [-0.25, -0.2) is 0 Å². The van der Waals surface area contributed by atoms with Gasteiger partial charge < -0.3 is 42.3 Å². The third-order valence-corrected chi connectivity index (χ3v) is 21.9. The number of carbonyl (C=O) groups is 19. The van der Waals surface area contributed by atoms with Crippen molar-refractivity contribution in [3.05, 3.63) is 29.8 Å². The molecule has 1 aromatic rings. The maximum Gasteiger partial charge on any atom is 0.223 e. The summed E-state index contributed by atoms with van der Waals surface area (Å²) in [5, 5.41) is 31.0. The SMILES string of the molecule is CC(C)C(=O)CC(NC(=O)C(C)C)C(=O)C(C)C.CC(C)C(=O)CCC(=O)CCC(=O)C(C)C.CC(C)C(=O)CCC(=O)CCCCC(=O)NCC(=O)C(C)C.CC(C)C(=O)CCCCC(=O)CCC(=O)C(C)C.CC(C)NCCC(=O)C(C)C.CC(C)NCCCC(=O)CCC(=O)C(C)C.CC(C)NCCCC(=O)CCCNC(C)C.CC(C)N[C@@H](Cc1ccc(O)cc1)C(=O)CCC(=O)C(C)C. The van der Waals surface area contributed by atoms with E-state index >= 15 is 0 Å². The van der Waals surface area contributed by atoms with Crippen molar-refractivity contribution in [2.75, 3.05) is 32.7 Å². The first-order valence-corrected chi connectivity index (χ1v) is 52.3. The molecular weight excluding hydrogens is 1760 g/mol. The Kier molecular flexibility index (Phi) is 91.1. The number of phenolic OH excluding ortho intramolecular Hbond substituents is 1.